The Kier molecular flexibility index (Phi) is 5.83. The maximum absolute atomic E-state index is 2.82. The Morgan fingerprint density at radius 1 is 0.582 bits per heavy atom. The van der Waals surface area contributed by atoms with E-state index in [-0.39, 0.29) is 17.8 Å². The summed E-state index contributed by atoms with van der Waals surface area (Å²) < 4.78 is 5.35. The van der Waals surface area contributed by atoms with Crippen molar-refractivity contribution in [3.63, 3.8) is 0 Å². The standard InChI is InChI=1S/C50H38BN3S/c1-49-26-14-15-27-50(49,2)53(41-24-12-9-21-37(41)49)43-29-36-32-18-6-11-23-40(32)54(31-16-4-3-5-17-31)51-38-30-45-35(33-19-8-13-25-44(33)55-45)28-42(38)52-39-22-10-7-20-34(39)46(43)48(52)47(36)51/h3-13,16-25,28-30H,14-15,26-27H2,1-2H3. The molecule has 55 heavy (non-hydrogen) atoms. The van der Waals surface area contributed by atoms with Crippen molar-refractivity contribution in [2.75, 3.05) is 9.71 Å². The number of thiophene rings is 1. The molecule has 1 fully saturated rings. The van der Waals surface area contributed by atoms with Crippen molar-refractivity contribution < 1.29 is 0 Å². The van der Waals surface area contributed by atoms with Crippen LogP contribution in [0.3, 0.4) is 0 Å². The van der Waals surface area contributed by atoms with E-state index in [0.29, 0.717) is 0 Å². The summed E-state index contributed by atoms with van der Waals surface area (Å²) >= 11 is 1.92. The van der Waals surface area contributed by atoms with Gasteiger partial charge >= 0.3 is 6.85 Å². The number of anilines is 4. The average molecular weight is 724 g/mol. The van der Waals surface area contributed by atoms with Crippen LogP contribution in [0.2, 0.25) is 0 Å². The Hall–Kier alpha value is -5.78. The zero-order valence-corrected chi connectivity index (χ0v) is 31.8. The number of fused-ring (bicyclic) bond motifs is 14. The van der Waals surface area contributed by atoms with Gasteiger partial charge in [-0.05, 0) is 96.4 Å². The van der Waals surface area contributed by atoms with Gasteiger partial charge in [-0.25, -0.2) is 0 Å². The Morgan fingerprint density at radius 3 is 2.20 bits per heavy atom. The van der Waals surface area contributed by atoms with Crippen molar-refractivity contribution >= 4 is 93.8 Å². The first kappa shape index (κ1) is 30.5. The lowest BCUT2D eigenvalue weighted by atomic mass is 9.44. The molecule has 4 aliphatic rings. The van der Waals surface area contributed by atoms with E-state index in [1.165, 1.54) is 124 Å². The van der Waals surface area contributed by atoms with Crippen molar-refractivity contribution in [3.05, 3.63) is 151 Å². The fraction of sp³-hybridized carbons (Fsp3) is 0.160. The van der Waals surface area contributed by atoms with Crippen LogP contribution in [0.15, 0.2) is 146 Å². The summed E-state index contributed by atoms with van der Waals surface area (Å²) in [7, 11) is 0. The highest BCUT2D eigenvalue weighted by atomic mass is 32.1. The van der Waals surface area contributed by atoms with Crippen LogP contribution in [0.25, 0.3) is 58.8 Å². The number of hydrogen-bond donors (Lipinski definition) is 0. The minimum Gasteiger partial charge on any atom is -0.376 e. The molecule has 5 heteroatoms. The summed E-state index contributed by atoms with van der Waals surface area (Å²) in [5.41, 5.74) is 16.0. The van der Waals surface area contributed by atoms with E-state index in [1.807, 2.05) is 11.3 Å². The monoisotopic (exact) mass is 723 g/mol. The highest BCUT2D eigenvalue weighted by molar-refractivity contribution is 7.26. The third-order valence-corrected chi connectivity index (χ3v) is 15.4. The summed E-state index contributed by atoms with van der Waals surface area (Å²) in [5.74, 6) is 0. The molecule has 0 amide bonds. The predicted octanol–water partition coefficient (Wildman–Crippen LogP) is 12.1. The number of benzene rings is 7. The quantitative estimate of drug-likeness (QED) is 0.165. The SMILES string of the molecule is CC12CCCCC1(C)N(c1cc3c4c5c1c1ccccc1n5-c1cc5c(cc1B4N(c1ccccc1)c1ccccc1-3)sc1ccccc15)c1ccccc12. The van der Waals surface area contributed by atoms with E-state index in [1.54, 1.807) is 0 Å². The fourth-order valence-electron chi connectivity index (χ4n) is 11.7. The summed E-state index contributed by atoms with van der Waals surface area (Å²) in [6.45, 7) is 5.12. The Labute approximate surface area is 325 Å². The summed E-state index contributed by atoms with van der Waals surface area (Å²) in [4.78, 5) is 5.46. The molecular weight excluding hydrogens is 685 g/mol. The molecule has 2 atom stereocenters. The van der Waals surface area contributed by atoms with Crippen molar-refractivity contribution in [1.29, 1.82) is 0 Å². The minimum atomic E-state index is -0.0628. The van der Waals surface area contributed by atoms with E-state index in [0.717, 1.165) is 0 Å². The first-order chi connectivity index (χ1) is 27.0. The van der Waals surface area contributed by atoms with Gasteiger partial charge in [0.1, 0.15) is 0 Å². The molecule has 2 aromatic heterocycles. The van der Waals surface area contributed by atoms with E-state index >= 15 is 0 Å². The van der Waals surface area contributed by atoms with Crippen molar-refractivity contribution in [2.45, 2.75) is 50.5 Å². The van der Waals surface area contributed by atoms with Crippen LogP contribution >= 0.6 is 11.3 Å². The highest BCUT2D eigenvalue weighted by Gasteiger charge is 2.58. The Bertz CT molecular complexity index is 3120. The van der Waals surface area contributed by atoms with Gasteiger partial charge in [0.2, 0.25) is 0 Å². The van der Waals surface area contributed by atoms with Gasteiger partial charge < -0.3 is 14.3 Å². The number of aromatic nitrogens is 1. The second-order valence-corrected chi connectivity index (χ2v) is 17.8. The van der Waals surface area contributed by atoms with Crippen LogP contribution in [-0.4, -0.2) is 17.0 Å². The fourth-order valence-corrected chi connectivity index (χ4v) is 12.8. The molecule has 5 heterocycles. The lowest BCUT2D eigenvalue weighted by molar-refractivity contribution is 0.195. The normalized spacial score (nSPS) is 20.7. The smallest absolute Gasteiger partial charge is 0.333 e. The van der Waals surface area contributed by atoms with Gasteiger partial charge in [-0.1, -0.05) is 111 Å². The van der Waals surface area contributed by atoms with Crippen LogP contribution < -0.4 is 20.6 Å². The lowest BCUT2D eigenvalue weighted by Gasteiger charge is -2.51. The molecule has 3 nitrogen and oxygen atoms in total. The molecule has 3 aliphatic heterocycles. The van der Waals surface area contributed by atoms with Gasteiger partial charge in [-0.15, -0.1) is 11.3 Å². The summed E-state index contributed by atoms with van der Waals surface area (Å²) in [6.07, 6.45) is 4.91. The van der Waals surface area contributed by atoms with Crippen LogP contribution in [0.4, 0.5) is 22.7 Å². The van der Waals surface area contributed by atoms with E-state index in [9.17, 15) is 0 Å². The van der Waals surface area contributed by atoms with Crippen LogP contribution in [0.5, 0.6) is 0 Å². The van der Waals surface area contributed by atoms with Gasteiger partial charge in [0, 0.05) is 64.7 Å². The minimum absolute atomic E-state index is 0.00771. The molecule has 0 radical (unpaired) electrons. The zero-order valence-electron chi connectivity index (χ0n) is 31.0. The van der Waals surface area contributed by atoms with Gasteiger partial charge in [0.25, 0.3) is 0 Å². The molecule has 7 aromatic carbocycles. The van der Waals surface area contributed by atoms with Crippen LogP contribution in [0, 0.1) is 0 Å². The first-order valence-electron chi connectivity index (χ1n) is 19.9. The molecule has 13 rings (SSSR count). The maximum atomic E-state index is 2.82. The largest absolute Gasteiger partial charge is 0.376 e. The van der Waals surface area contributed by atoms with Crippen molar-refractivity contribution in [3.8, 4) is 16.8 Å². The molecule has 0 spiro atoms. The van der Waals surface area contributed by atoms with E-state index < -0.39 is 0 Å². The second-order valence-electron chi connectivity index (χ2n) is 16.7. The van der Waals surface area contributed by atoms with Crippen molar-refractivity contribution in [1.82, 2.24) is 4.57 Å². The Balaban J connectivity index is 1.24. The zero-order chi connectivity index (χ0) is 36.2. The van der Waals surface area contributed by atoms with Crippen LogP contribution in [0.1, 0.15) is 45.1 Å². The first-order valence-corrected chi connectivity index (χ1v) is 20.8. The molecule has 1 aliphatic carbocycles. The van der Waals surface area contributed by atoms with Gasteiger partial charge in [-0.3, -0.25) is 0 Å². The lowest BCUT2D eigenvalue weighted by Crippen LogP contribution is -2.60. The third-order valence-electron chi connectivity index (χ3n) is 14.3. The Morgan fingerprint density at radius 2 is 1.31 bits per heavy atom. The molecule has 1 saturated carbocycles. The predicted molar refractivity (Wildman–Crippen MR) is 236 cm³/mol. The molecule has 9 aromatic rings. The topological polar surface area (TPSA) is 11.4 Å². The maximum Gasteiger partial charge on any atom is 0.333 e. The number of nitrogens with zero attached hydrogens (tertiary/aromatic N) is 3. The van der Waals surface area contributed by atoms with Crippen molar-refractivity contribution in [2.24, 2.45) is 0 Å². The second kappa shape index (κ2) is 10.5. The molecule has 0 N–H and O–H groups in total. The highest BCUT2D eigenvalue weighted by Crippen LogP contribution is 2.62. The molecular formula is C50H38BN3S. The molecule has 0 saturated heterocycles. The summed E-state index contributed by atoms with van der Waals surface area (Å²) in [6, 6.07) is 55.5. The number of hydrogen-bond acceptors (Lipinski definition) is 3. The van der Waals surface area contributed by atoms with Gasteiger partial charge in [0.15, 0.2) is 0 Å². The molecule has 0 bridgehead atoms. The third kappa shape index (κ3) is 3.64. The summed E-state index contributed by atoms with van der Waals surface area (Å²) in [5, 5.41) is 5.38. The van der Waals surface area contributed by atoms with Gasteiger partial charge in [0.05, 0.1) is 22.3 Å². The average Bonchev–Trinajstić information content (AvgIpc) is 3.84. The number of rotatable bonds is 2. The van der Waals surface area contributed by atoms with Gasteiger partial charge in [-0.2, -0.15) is 0 Å². The molecule has 2 unspecified atom stereocenters. The molecule has 262 valence electrons. The van der Waals surface area contributed by atoms with E-state index in [4.69, 9.17) is 0 Å². The van der Waals surface area contributed by atoms with E-state index in [2.05, 4.69) is 174 Å². The number of para-hydroxylation sites is 4. The van der Waals surface area contributed by atoms with Crippen LogP contribution in [-0.2, 0) is 5.41 Å².